The lowest BCUT2D eigenvalue weighted by Gasteiger charge is -2.30. The third-order valence-electron chi connectivity index (χ3n) is 10.0. The summed E-state index contributed by atoms with van der Waals surface area (Å²) in [6, 6.07) is 9.32. The molecular weight excluding hydrogens is 575 g/mol. The predicted molar refractivity (Wildman–Crippen MR) is 168 cm³/mol. The Balaban J connectivity index is 1.02. The summed E-state index contributed by atoms with van der Waals surface area (Å²) in [6.07, 6.45) is 12.3. The Hall–Kier alpha value is -3.12. The molecule has 1 spiro atoms. The summed E-state index contributed by atoms with van der Waals surface area (Å²) in [6.45, 7) is 4.66. The Morgan fingerprint density at radius 2 is 1.91 bits per heavy atom. The van der Waals surface area contributed by atoms with Crippen molar-refractivity contribution in [3.63, 3.8) is 0 Å². The molecule has 10 nitrogen and oxygen atoms in total. The highest BCUT2D eigenvalue weighted by Gasteiger charge is 2.55. The zero-order valence-corrected chi connectivity index (χ0v) is 26.2. The molecule has 0 amide bonds. The number of fused-ring (bicyclic) bond motifs is 1. The number of hydrogen-bond donors (Lipinski definition) is 1. The van der Waals surface area contributed by atoms with E-state index in [0.29, 0.717) is 61.4 Å². The zero-order valence-electron chi connectivity index (χ0n) is 26.2. The van der Waals surface area contributed by atoms with Crippen LogP contribution in [0, 0.1) is 11.3 Å². The molecule has 7 rings (SSSR count). The fourth-order valence-electron chi connectivity index (χ4n) is 7.38. The molecule has 4 unspecified atom stereocenters. The highest BCUT2D eigenvalue weighted by molar-refractivity contribution is 5.78. The third-order valence-corrected chi connectivity index (χ3v) is 10.0. The Kier molecular flexibility index (Phi) is 9.03. The average molecular weight is 621 g/mol. The number of para-hydroxylation sites is 2. The number of nitrogens with zero attached hydrogens (tertiary/aromatic N) is 5. The number of aromatic nitrogens is 4. The third kappa shape index (κ3) is 6.72. The van der Waals surface area contributed by atoms with Crippen molar-refractivity contribution in [1.29, 1.82) is 0 Å². The summed E-state index contributed by atoms with van der Waals surface area (Å²) in [5.41, 5.74) is 9.56. The predicted octanol–water partition coefficient (Wildman–Crippen LogP) is 6.05. The van der Waals surface area contributed by atoms with Crippen molar-refractivity contribution in [2.45, 2.75) is 89.3 Å². The Labute approximate surface area is 264 Å². The standard InChI is InChI=1S/C34H45FN6O4/c1-23(35)32-37-27-6-2-3-7-29(27)41(32)30-21-28(38-33(39-30)40-13-16-42-17-14-40)26(36)20-24-22-34(24)11-9-25(10-12-34)43-18-19-45-31-8-4-5-15-44-31/h2-3,6-7,13,16,21,23-26,31H,4-5,8-12,14-15,17-20,22,36H2,1H3. The molecule has 2 N–H and O–H groups in total. The van der Waals surface area contributed by atoms with Gasteiger partial charge in [-0.05, 0) is 88.2 Å². The van der Waals surface area contributed by atoms with Gasteiger partial charge in [0.05, 0.1) is 48.9 Å². The normalized spacial score (nSPS) is 27.9. The van der Waals surface area contributed by atoms with Gasteiger partial charge in [0.2, 0.25) is 5.95 Å². The number of anilines is 1. The van der Waals surface area contributed by atoms with Crippen LogP contribution in [0.15, 0.2) is 42.8 Å². The van der Waals surface area contributed by atoms with Crippen molar-refractivity contribution in [2.24, 2.45) is 17.1 Å². The van der Waals surface area contributed by atoms with Gasteiger partial charge >= 0.3 is 0 Å². The number of rotatable bonds is 11. The molecule has 2 aliphatic heterocycles. The maximum atomic E-state index is 14.9. The fourth-order valence-corrected chi connectivity index (χ4v) is 7.38. The van der Waals surface area contributed by atoms with Gasteiger partial charge in [0.15, 0.2) is 12.5 Å². The van der Waals surface area contributed by atoms with Crippen LogP contribution in [0.25, 0.3) is 16.9 Å². The second kappa shape index (κ2) is 13.3. The van der Waals surface area contributed by atoms with Crippen molar-refractivity contribution in [1.82, 2.24) is 19.5 Å². The first kappa shape index (κ1) is 30.5. The lowest BCUT2D eigenvalue weighted by atomic mass is 9.81. The van der Waals surface area contributed by atoms with Gasteiger partial charge in [0, 0.05) is 24.9 Å². The maximum Gasteiger partial charge on any atom is 0.231 e. The van der Waals surface area contributed by atoms with Crippen LogP contribution in [0.4, 0.5) is 10.3 Å². The summed E-state index contributed by atoms with van der Waals surface area (Å²) in [5.74, 6) is 1.96. The van der Waals surface area contributed by atoms with Crippen LogP contribution in [0.3, 0.4) is 0 Å². The highest BCUT2D eigenvalue weighted by Crippen LogP contribution is 2.64. The minimum absolute atomic E-state index is 0.0608. The summed E-state index contributed by atoms with van der Waals surface area (Å²) in [4.78, 5) is 16.4. The van der Waals surface area contributed by atoms with E-state index in [4.69, 9.17) is 34.6 Å². The van der Waals surface area contributed by atoms with Gasteiger partial charge in [0.1, 0.15) is 18.2 Å². The van der Waals surface area contributed by atoms with E-state index < -0.39 is 6.17 Å². The molecular formula is C34H45FN6O4. The minimum atomic E-state index is -1.28. The van der Waals surface area contributed by atoms with Gasteiger partial charge in [-0.25, -0.2) is 14.4 Å². The number of hydrogen-bond acceptors (Lipinski definition) is 9. The quantitative estimate of drug-likeness (QED) is 0.256. The molecule has 4 aliphatic rings. The van der Waals surface area contributed by atoms with Crippen molar-refractivity contribution in [3.8, 4) is 5.82 Å². The average Bonchev–Trinajstić information content (AvgIpc) is 3.57. The summed E-state index contributed by atoms with van der Waals surface area (Å²) in [5, 5.41) is 0. The number of alkyl halides is 1. The van der Waals surface area contributed by atoms with Gasteiger partial charge in [-0.15, -0.1) is 0 Å². The number of benzene rings is 1. The van der Waals surface area contributed by atoms with Gasteiger partial charge < -0.3 is 29.6 Å². The summed E-state index contributed by atoms with van der Waals surface area (Å²) >= 11 is 0. The summed E-state index contributed by atoms with van der Waals surface area (Å²) in [7, 11) is 0. The number of nitrogens with two attached hydrogens (primary N) is 1. The molecule has 0 radical (unpaired) electrons. The molecule has 2 aliphatic carbocycles. The van der Waals surface area contributed by atoms with E-state index >= 15 is 0 Å². The monoisotopic (exact) mass is 620 g/mol. The Morgan fingerprint density at radius 1 is 1.07 bits per heavy atom. The van der Waals surface area contributed by atoms with Crippen LogP contribution in [0.5, 0.6) is 0 Å². The first-order chi connectivity index (χ1) is 22.0. The molecule has 2 saturated carbocycles. The van der Waals surface area contributed by atoms with Crippen LogP contribution in [-0.2, 0) is 18.9 Å². The second-order valence-corrected chi connectivity index (χ2v) is 13.1. The molecule has 3 aromatic rings. The van der Waals surface area contributed by atoms with Gasteiger partial charge in [-0.2, -0.15) is 4.98 Å². The molecule has 2 aromatic heterocycles. The van der Waals surface area contributed by atoms with Gasteiger partial charge in [-0.1, -0.05) is 12.1 Å². The number of ether oxygens (including phenoxy) is 4. The van der Waals surface area contributed by atoms with Crippen LogP contribution in [-0.4, -0.2) is 64.9 Å². The van der Waals surface area contributed by atoms with Crippen LogP contribution in [0.2, 0.25) is 0 Å². The van der Waals surface area contributed by atoms with Crippen molar-refractivity contribution in [3.05, 3.63) is 54.3 Å². The van der Waals surface area contributed by atoms with E-state index in [1.54, 1.807) is 10.8 Å². The van der Waals surface area contributed by atoms with E-state index in [1.807, 2.05) is 41.4 Å². The fraction of sp³-hybridized carbons (Fsp3) is 0.618. The van der Waals surface area contributed by atoms with E-state index in [0.717, 1.165) is 55.4 Å². The van der Waals surface area contributed by atoms with E-state index in [1.165, 1.54) is 32.6 Å². The highest BCUT2D eigenvalue weighted by atomic mass is 19.1. The molecule has 242 valence electrons. The van der Waals surface area contributed by atoms with Gasteiger partial charge in [0.25, 0.3) is 0 Å². The van der Waals surface area contributed by atoms with Crippen molar-refractivity contribution >= 4 is 17.0 Å². The van der Waals surface area contributed by atoms with Crippen molar-refractivity contribution in [2.75, 3.05) is 37.9 Å². The zero-order chi connectivity index (χ0) is 30.8. The second-order valence-electron chi connectivity index (χ2n) is 13.1. The number of halogens is 1. The first-order valence-electron chi connectivity index (χ1n) is 16.7. The largest absolute Gasteiger partial charge is 0.498 e. The maximum absolute atomic E-state index is 14.9. The molecule has 4 atom stereocenters. The molecule has 1 aromatic carbocycles. The Bertz CT molecular complexity index is 1480. The Morgan fingerprint density at radius 3 is 2.69 bits per heavy atom. The lowest BCUT2D eigenvalue weighted by Crippen LogP contribution is -2.28. The lowest BCUT2D eigenvalue weighted by molar-refractivity contribution is -0.172. The molecule has 45 heavy (non-hydrogen) atoms. The van der Waals surface area contributed by atoms with Crippen LogP contribution in [0.1, 0.15) is 88.4 Å². The van der Waals surface area contributed by atoms with E-state index in [-0.39, 0.29) is 12.3 Å². The smallest absolute Gasteiger partial charge is 0.231 e. The SMILES string of the molecule is CC(F)c1nc2ccccc2n1-c1cc(C(N)CC2CC23CCC(OCCOC2CCCCO2)CC3)nc(N2C=COCC2)n1. The van der Waals surface area contributed by atoms with Gasteiger partial charge in [-0.3, -0.25) is 4.57 Å². The molecule has 11 heteroatoms. The topological polar surface area (TPSA) is 110 Å². The van der Waals surface area contributed by atoms with E-state index in [9.17, 15) is 4.39 Å². The molecule has 3 fully saturated rings. The summed E-state index contributed by atoms with van der Waals surface area (Å²) < 4.78 is 39.8. The molecule has 0 bridgehead atoms. The van der Waals surface area contributed by atoms with Crippen LogP contribution < -0.4 is 10.6 Å². The molecule has 1 saturated heterocycles. The van der Waals surface area contributed by atoms with E-state index in [2.05, 4.69) is 4.98 Å². The molecule has 4 heterocycles. The van der Waals surface area contributed by atoms with Crippen molar-refractivity contribution < 1.29 is 23.3 Å². The van der Waals surface area contributed by atoms with Crippen LogP contribution >= 0.6 is 0 Å². The minimum Gasteiger partial charge on any atom is -0.498 e. The first-order valence-corrected chi connectivity index (χ1v) is 16.7. The number of imidazole rings is 1.